The van der Waals surface area contributed by atoms with Gasteiger partial charge in [-0.25, -0.2) is 9.55 Å². The molecule has 138 valence electrons. The summed E-state index contributed by atoms with van der Waals surface area (Å²) in [7, 11) is -4.65. The zero-order valence-corrected chi connectivity index (χ0v) is 14.1. The smallest absolute Gasteiger partial charge is 0.469 e. The van der Waals surface area contributed by atoms with E-state index in [0.29, 0.717) is 17.8 Å². The fourth-order valence-corrected chi connectivity index (χ4v) is 2.90. The summed E-state index contributed by atoms with van der Waals surface area (Å²) in [6.07, 6.45) is -0.922. The lowest BCUT2D eigenvalue weighted by Crippen LogP contribution is -2.25. The molecule has 0 radical (unpaired) electrons. The largest absolute Gasteiger partial charge is 0.476 e. The molecule has 0 amide bonds. The molecule has 3 rings (SSSR count). The average Bonchev–Trinajstić information content (AvgIpc) is 3.08. The van der Waals surface area contributed by atoms with Crippen LogP contribution < -0.4 is 10.5 Å². The summed E-state index contributed by atoms with van der Waals surface area (Å²) in [5.41, 5.74) is 6.45. The van der Waals surface area contributed by atoms with Crippen molar-refractivity contribution >= 4 is 24.9 Å². The van der Waals surface area contributed by atoms with Gasteiger partial charge in [0.25, 0.3) is 0 Å². The normalized spacial score (nSPS) is 24.1. The van der Waals surface area contributed by atoms with E-state index in [0.717, 1.165) is 0 Å². The van der Waals surface area contributed by atoms with Gasteiger partial charge < -0.3 is 30.1 Å². The predicted octanol–water partition coefficient (Wildman–Crippen LogP) is -0.435. The molecule has 12 nitrogen and oxygen atoms in total. The highest BCUT2D eigenvalue weighted by Gasteiger charge is 2.37. The third-order valence-electron chi connectivity index (χ3n) is 3.61. The topological polar surface area (TPSA) is 175 Å². The predicted molar refractivity (Wildman–Crippen MR) is 83.4 cm³/mol. The van der Waals surface area contributed by atoms with E-state index in [2.05, 4.69) is 19.5 Å². The van der Waals surface area contributed by atoms with E-state index < -0.39 is 32.9 Å². The molecule has 5 N–H and O–H groups in total. The van der Waals surface area contributed by atoms with Crippen molar-refractivity contribution in [1.82, 2.24) is 19.5 Å². The van der Waals surface area contributed by atoms with Crippen LogP contribution in [0.5, 0.6) is 5.88 Å². The molecule has 1 aliphatic rings. The van der Waals surface area contributed by atoms with Crippen LogP contribution in [0.25, 0.3) is 11.2 Å². The number of phosphoric acid groups is 1. The fraction of sp³-hybridized carbons (Fsp3) is 0.583. The maximum atomic E-state index is 10.8. The van der Waals surface area contributed by atoms with Gasteiger partial charge in [-0.05, 0) is 6.92 Å². The molecule has 1 fully saturated rings. The second kappa shape index (κ2) is 6.83. The van der Waals surface area contributed by atoms with Crippen molar-refractivity contribution in [1.29, 1.82) is 0 Å². The molecule has 2 aromatic heterocycles. The summed E-state index contributed by atoms with van der Waals surface area (Å²) in [6.45, 7) is 1.72. The van der Waals surface area contributed by atoms with Crippen molar-refractivity contribution in [2.24, 2.45) is 0 Å². The number of nitrogens with two attached hydrogens (primary N) is 1. The third kappa shape index (κ3) is 3.89. The van der Waals surface area contributed by atoms with E-state index >= 15 is 0 Å². The van der Waals surface area contributed by atoms with Crippen molar-refractivity contribution in [3.8, 4) is 5.88 Å². The van der Waals surface area contributed by atoms with Gasteiger partial charge in [0.15, 0.2) is 11.2 Å². The lowest BCUT2D eigenvalue weighted by atomic mass is 10.2. The molecule has 0 aliphatic carbocycles. The number of aromatic nitrogens is 4. The molecule has 0 aromatic carbocycles. The molecule has 3 atom stereocenters. The zero-order chi connectivity index (χ0) is 18.2. The fourth-order valence-electron chi connectivity index (χ4n) is 2.56. The van der Waals surface area contributed by atoms with Crippen LogP contribution in [0.4, 0.5) is 5.95 Å². The van der Waals surface area contributed by atoms with Gasteiger partial charge in [-0.3, -0.25) is 9.09 Å². The molecule has 1 saturated heterocycles. The molecule has 0 spiro atoms. The lowest BCUT2D eigenvalue weighted by Gasteiger charge is -2.16. The number of hydrogen-bond acceptors (Lipinski definition) is 9. The summed E-state index contributed by atoms with van der Waals surface area (Å²) >= 11 is 0. The van der Waals surface area contributed by atoms with Gasteiger partial charge >= 0.3 is 7.82 Å². The van der Waals surface area contributed by atoms with Gasteiger partial charge in [0.05, 0.1) is 25.6 Å². The van der Waals surface area contributed by atoms with Gasteiger partial charge in [-0.1, -0.05) is 0 Å². The Kier molecular flexibility index (Phi) is 4.91. The maximum Gasteiger partial charge on any atom is 0.469 e. The molecule has 25 heavy (non-hydrogen) atoms. The minimum Gasteiger partial charge on any atom is -0.476 e. The number of anilines is 1. The Morgan fingerprint density at radius 1 is 1.48 bits per heavy atom. The summed E-state index contributed by atoms with van der Waals surface area (Å²) in [6, 6.07) is 0. The summed E-state index contributed by atoms with van der Waals surface area (Å²) in [5, 5.41) is 10.0. The molecule has 0 bridgehead atoms. The van der Waals surface area contributed by atoms with Crippen molar-refractivity contribution in [3.63, 3.8) is 0 Å². The van der Waals surface area contributed by atoms with E-state index in [-0.39, 0.29) is 18.2 Å². The maximum absolute atomic E-state index is 10.8. The number of ether oxygens (including phenoxy) is 2. The second-order valence-corrected chi connectivity index (χ2v) is 6.60. The van der Waals surface area contributed by atoms with E-state index in [1.54, 1.807) is 11.5 Å². The minimum atomic E-state index is -4.65. The summed E-state index contributed by atoms with van der Waals surface area (Å²) in [4.78, 5) is 29.8. The Balaban J connectivity index is 1.84. The Morgan fingerprint density at radius 3 is 2.92 bits per heavy atom. The molecule has 3 heterocycles. The van der Waals surface area contributed by atoms with Gasteiger partial charge in [-0.2, -0.15) is 9.97 Å². The van der Waals surface area contributed by atoms with E-state index in [1.165, 1.54) is 6.33 Å². The van der Waals surface area contributed by atoms with Crippen LogP contribution in [0.1, 0.15) is 19.6 Å². The molecular weight excluding hydrogens is 357 g/mol. The van der Waals surface area contributed by atoms with Crippen LogP contribution >= 0.6 is 7.82 Å². The van der Waals surface area contributed by atoms with Crippen LogP contribution in [0.2, 0.25) is 0 Å². The van der Waals surface area contributed by atoms with Crippen molar-refractivity contribution in [2.45, 2.75) is 31.8 Å². The molecule has 0 saturated carbocycles. The Hall–Kier alpha value is -1.82. The zero-order valence-electron chi connectivity index (χ0n) is 13.2. The number of rotatable bonds is 6. The van der Waals surface area contributed by atoms with Gasteiger partial charge in [0.1, 0.15) is 12.3 Å². The van der Waals surface area contributed by atoms with Crippen molar-refractivity contribution in [2.75, 3.05) is 18.9 Å². The quantitative estimate of drug-likeness (QED) is 0.482. The average molecular weight is 375 g/mol. The number of phosphoric ester groups is 1. The van der Waals surface area contributed by atoms with Crippen LogP contribution in [0.3, 0.4) is 0 Å². The van der Waals surface area contributed by atoms with Crippen molar-refractivity contribution in [3.05, 3.63) is 6.33 Å². The number of imidazole rings is 1. The standard InChI is InChI=1S/C12H18N5O7P/c1-2-22-11-9-10(15-12(13)16-11)17(5-14-9)8-3-6(18)7(24-8)4-23-25(19,20)21/h5-8,18H,2-4H2,1H3,(H2,13,15,16)(H2,19,20,21)/t6-,7+,8+/m0/s1. The van der Waals surface area contributed by atoms with Crippen LogP contribution in [-0.2, 0) is 13.8 Å². The van der Waals surface area contributed by atoms with Crippen LogP contribution in [0, 0.1) is 0 Å². The first kappa shape index (κ1) is 18.0. The Bertz CT molecular complexity index is 808. The van der Waals surface area contributed by atoms with E-state index in [9.17, 15) is 9.67 Å². The monoisotopic (exact) mass is 375 g/mol. The Morgan fingerprint density at radius 2 is 2.24 bits per heavy atom. The number of fused-ring (bicyclic) bond motifs is 1. The van der Waals surface area contributed by atoms with Gasteiger partial charge in [0.2, 0.25) is 11.8 Å². The third-order valence-corrected chi connectivity index (χ3v) is 4.09. The minimum absolute atomic E-state index is 0.00220. The number of aliphatic hydroxyl groups is 1. The SMILES string of the molecule is CCOc1nc(N)nc2c1ncn2[C@H]1C[C@H](O)[C@@H](COP(=O)(O)O)O1. The number of hydrogen-bond donors (Lipinski definition) is 4. The summed E-state index contributed by atoms with van der Waals surface area (Å²) in [5.74, 6) is 0.237. The molecule has 0 unspecified atom stereocenters. The van der Waals surface area contributed by atoms with Crippen LogP contribution in [-0.4, -0.2) is 59.8 Å². The Labute approximate surface area is 141 Å². The number of nitrogen functional groups attached to an aromatic ring is 1. The summed E-state index contributed by atoms with van der Waals surface area (Å²) < 4.78 is 27.8. The number of aliphatic hydroxyl groups excluding tert-OH is 1. The first-order valence-electron chi connectivity index (χ1n) is 7.45. The highest BCUT2D eigenvalue weighted by Crippen LogP contribution is 2.38. The molecule has 2 aromatic rings. The highest BCUT2D eigenvalue weighted by atomic mass is 31.2. The number of nitrogens with zero attached hydrogens (tertiary/aromatic N) is 4. The molecule has 13 heteroatoms. The molecular formula is C12H18N5O7P. The van der Waals surface area contributed by atoms with Crippen LogP contribution in [0.15, 0.2) is 6.33 Å². The van der Waals surface area contributed by atoms with E-state index in [1.807, 2.05) is 0 Å². The molecule has 1 aliphatic heterocycles. The van der Waals surface area contributed by atoms with Gasteiger partial charge in [-0.15, -0.1) is 0 Å². The first-order valence-corrected chi connectivity index (χ1v) is 8.98. The van der Waals surface area contributed by atoms with E-state index in [4.69, 9.17) is 25.0 Å². The lowest BCUT2D eigenvalue weighted by molar-refractivity contribution is -0.0424. The van der Waals surface area contributed by atoms with Gasteiger partial charge in [0, 0.05) is 6.42 Å². The second-order valence-electron chi connectivity index (χ2n) is 5.36. The first-order chi connectivity index (χ1) is 11.8. The highest BCUT2D eigenvalue weighted by molar-refractivity contribution is 7.46. The van der Waals surface area contributed by atoms with Crippen molar-refractivity contribution < 1.29 is 33.5 Å².